The predicted molar refractivity (Wildman–Crippen MR) is 88.0 cm³/mol. The van der Waals surface area contributed by atoms with Crippen molar-refractivity contribution in [1.29, 1.82) is 0 Å². The SMILES string of the molecule is CC/C(N)=N/OC(=O)Cc1ccc(NC(=O)OC(C)(C)C)cc1. The lowest BCUT2D eigenvalue weighted by atomic mass is 10.1. The number of oxime groups is 1. The van der Waals surface area contributed by atoms with Crippen LogP contribution in [-0.4, -0.2) is 23.5 Å². The number of nitrogens with two attached hydrogens (primary N) is 1. The lowest BCUT2D eigenvalue weighted by Crippen LogP contribution is -2.27. The van der Waals surface area contributed by atoms with Gasteiger partial charge in [-0.05, 0) is 38.5 Å². The van der Waals surface area contributed by atoms with E-state index >= 15 is 0 Å². The number of rotatable bonds is 5. The van der Waals surface area contributed by atoms with E-state index in [2.05, 4.69) is 15.3 Å². The third-order valence-corrected chi connectivity index (χ3v) is 2.57. The molecule has 0 aliphatic carbocycles. The van der Waals surface area contributed by atoms with Gasteiger partial charge in [0.15, 0.2) is 0 Å². The van der Waals surface area contributed by atoms with E-state index < -0.39 is 17.7 Å². The molecule has 0 unspecified atom stereocenters. The van der Waals surface area contributed by atoms with Gasteiger partial charge in [-0.1, -0.05) is 24.2 Å². The van der Waals surface area contributed by atoms with Gasteiger partial charge in [0.2, 0.25) is 0 Å². The fraction of sp³-hybridized carbons (Fsp3) is 0.438. The van der Waals surface area contributed by atoms with Crippen LogP contribution in [0.15, 0.2) is 29.4 Å². The zero-order valence-electron chi connectivity index (χ0n) is 13.9. The van der Waals surface area contributed by atoms with Gasteiger partial charge in [-0.3, -0.25) is 5.32 Å². The highest BCUT2D eigenvalue weighted by atomic mass is 16.7. The summed E-state index contributed by atoms with van der Waals surface area (Å²) in [6.07, 6.45) is 0.0416. The summed E-state index contributed by atoms with van der Waals surface area (Å²) in [7, 11) is 0. The van der Waals surface area contributed by atoms with Gasteiger partial charge >= 0.3 is 12.1 Å². The van der Waals surface area contributed by atoms with Crippen LogP contribution >= 0.6 is 0 Å². The number of nitrogens with zero attached hydrogens (tertiary/aromatic N) is 1. The Balaban J connectivity index is 2.53. The summed E-state index contributed by atoms with van der Waals surface area (Å²) in [5.41, 5.74) is 6.19. The van der Waals surface area contributed by atoms with Crippen molar-refractivity contribution < 1.29 is 19.2 Å². The third kappa shape index (κ3) is 7.85. The largest absolute Gasteiger partial charge is 0.444 e. The Morgan fingerprint density at radius 2 is 1.83 bits per heavy atom. The number of hydrogen-bond acceptors (Lipinski definition) is 5. The minimum Gasteiger partial charge on any atom is -0.444 e. The van der Waals surface area contributed by atoms with E-state index in [1.807, 2.05) is 6.92 Å². The summed E-state index contributed by atoms with van der Waals surface area (Å²) in [5.74, 6) is -0.246. The molecular formula is C16H23N3O4. The van der Waals surface area contributed by atoms with Crippen molar-refractivity contribution in [2.75, 3.05) is 5.32 Å². The van der Waals surface area contributed by atoms with Crippen LogP contribution in [0.3, 0.4) is 0 Å². The topological polar surface area (TPSA) is 103 Å². The summed E-state index contributed by atoms with van der Waals surface area (Å²) in [4.78, 5) is 27.9. The normalized spacial score (nSPS) is 11.7. The number of carbonyl (C=O) groups excluding carboxylic acids is 2. The summed E-state index contributed by atoms with van der Waals surface area (Å²) >= 11 is 0. The number of ether oxygens (including phenoxy) is 1. The smallest absolute Gasteiger partial charge is 0.412 e. The maximum absolute atomic E-state index is 11.6. The quantitative estimate of drug-likeness (QED) is 0.376. The fourth-order valence-corrected chi connectivity index (χ4v) is 1.50. The van der Waals surface area contributed by atoms with Gasteiger partial charge in [0, 0.05) is 12.1 Å². The van der Waals surface area contributed by atoms with Crippen LogP contribution in [-0.2, 0) is 20.8 Å². The van der Waals surface area contributed by atoms with Crippen molar-refractivity contribution in [3.8, 4) is 0 Å². The van der Waals surface area contributed by atoms with Gasteiger partial charge < -0.3 is 15.3 Å². The van der Waals surface area contributed by atoms with Gasteiger partial charge in [0.1, 0.15) is 11.4 Å². The molecule has 1 aromatic carbocycles. The van der Waals surface area contributed by atoms with Crippen molar-refractivity contribution in [1.82, 2.24) is 0 Å². The molecular weight excluding hydrogens is 298 g/mol. The van der Waals surface area contributed by atoms with Crippen LogP contribution in [0.2, 0.25) is 0 Å². The second-order valence-corrected chi connectivity index (χ2v) is 5.90. The Morgan fingerprint density at radius 1 is 1.22 bits per heavy atom. The number of hydrogen-bond donors (Lipinski definition) is 2. The van der Waals surface area contributed by atoms with Gasteiger partial charge in [0.05, 0.1) is 6.42 Å². The van der Waals surface area contributed by atoms with Crippen LogP contribution in [0.1, 0.15) is 39.7 Å². The number of amides is 1. The Kier molecular flexibility index (Phi) is 6.56. The van der Waals surface area contributed by atoms with E-state index in [1.54, 1.807) is 45.0 Å². The third-order valence-electron chi connectivity index (χ3n) is 2.57. The van der Waals surface area contributed by atoms with Gasteiger partial charge in [-0.15, -0.1) is 0 Å². The maximum Gasteiger partial charge on any atom is 0.412 e. The molecule has 0 fully saturated rings. The number of nitrogens with one attached hydrogen (secondary N) is 1. The first-order valence-corrected chi connectivity index (χ1v) is 7.30. The van der Waals surface area contributed by atoms with Crippen LogP contribution in [0.25, 0.3) is 0 Å². The first-order chi connectivity index (χ1) is 10.7. The molecule has 7 heteroatoms. The first-order valence-electron chi connectivity index (χ1n) is 7.30. The molecule has 7 nitrogen and oxygen atoms in total. The molecule has 0 saturated heterocycles. The molecule has 3 N–H and O–H groups in total. The van der Waals surface area contributed by atoms with Crippen molar-refractivity contribution >= 4 is 23.6 Å². The molecule has 0 aliphatic heterocycles. The maximum atomic E-state index is 11.6. The minimum absolute atomic E-state index is 0.0627. The lowest BCUT2D eigenvalue weighted by Gasteiger charge is -2.19. The van der Waals surface area contributed by atoms with Crippen LogP contribution in [0, 0.1) is 0 Å². The van der Waals surface area contributed by atoms with Crippen LogP contribution < -0.4 is 11.1 Å². The molecule has 0 spiro atoms. The Labute approximate surface area is 135 Å². The highest BCUT2D eigenvalue weighted by molar-refractivity contribution is 5.85. The highest BCUT2D eigenvalue weighted by Gasteiger charge is 2.16. The summed E-state index contributed by atoms with van der Waals surface area (Å²) < 4.78 is 5.15. The predicted octanol–water partition coefficient (Wildman–Crippen LogP) is 2.80. The minimum atomic E-state index is -0.561. The van der Waals surface area contributed by atoms with E-state index in [4.69, 9.17) is 10.5 Å². The average molecular weight is 321 g/mol. The summed E-state index contributed by atoms with van der Waals surface area (Å²) in [6, 6.07) is 6.77. The molecule has 0 bridgehead atoms. The number of amidine groups is 1. The van der Waals surface area contributed by atoms with Crippen LogP contribution in [0.5, 0.6) is 0 Å². The zero-order chi connectivity index (χ0) is 17.5. The van der Waals surface area contributed by atoms with Crippen molar-refractivity contribution in [2.45, 2.75) is 46.1 Å². The van der Waals surface area contributed by atoms with E-state index in [9.17, 15) is 9.59 Å². The molecule has 0 aromatic heterocycles. The molecule has 1 amide bonds. The zero-order valence-corrected chi connectivity index (χ0v) is 13.9. The van der Waals surface area contributed by atoms with Gasteiger partial charge in [-0.2, -0.15) is 0 Å². The summed E-state index contributed by atoms with van der Waals surface area (Å²) in [6.45, 7) is 7.17. The van der Waals surface area contributed by atoms with Crippen molar-refractivity contribution in [3.05, 3.63) is 29.8 Å². The molecule has 1 aromatic rings. The second kappa shape index (κ2) is 8.17. The number of benzene rings is 1. The highest BCUT2D eigenvalue weighted by Crippen LogP contribution is 2.13. The Hall–Kier alpha value is -2.57. The molecule has 23 heavy (non-hydrogen) atoms. The molecule has 126 valence electrons. The van der Waals surface area contributed by atoms with Crippen LogP contribution in [0.4, 0.5) is 10.5 Å². The first kappa shape index (κ1) is 18.5. The van der Waals surface area contributed by atoms with E-state index in [-0.39, 0.29) is 12.3 Å². The molecule has 0 heterocycles. The molecule has 0 saturated carbocycles. The Bertz CT molecular complexity index is 574. The second-order valence-electron chi connectivity index (χ2n) is 5.90. The molecule has 0 atom stereocenters. The molecule has 0 aliphatic rings. The fourth-order valence-electron chi connectivity index (χ4n) is 1.50. The number of carbonyl (C=O) groups is 2. The monoisotopic (exact) mass is 321 g/mol. The van der Waals surface area contributed by atoms with E-state index in [0.717, 1.165) is 5.56 Å². The van der Waals surface area contributed by atoms with Crippen molar-refractivity contribution in [3.63, 3.8) is 0 Å². The van der Waals surface area contributed by atoms with Gasteiger partial charge in [-0.25, -0.2) is 9.59 Å². The number of anilines is 1. The van der Waals surface area contributed by atoms with Crippen molar-refractivity contribution in [2.24, 2.45) is 10.9 Å². The van der Waals surface area contributed by atoms with Gasteiger partial charge in [0.25, 0.3) is 0 Å². The Morgan fingerprint density at radius 3 is 2.35 bits per heavy atom. The molecule has 0 radical (unpaired) electrons. The average Bonchev–Trinajstić information content (AvgIpc) is 2.44. The van der Waals surface area contributed by atoms with E-state index in [1.165, 1.54) is 0 Å². The standard InChI is InChI=1S/C16H23N3O4/c1-5-13(17)19-23-14(20)10-11-6-8-12(9-7-11)18-15(21)22-16(2,3)4/h6-9H,5,10H2,1-4H3,(H2,17,19)(H,18,21). The van der Waals surface area contributed by atoms with E-state index in [0.29, 0.717) is 12.1 Å². The molecule has 1 rings (SSSR count). The summed E-state index contributed by atoms with van der Waals surface area (Å²) in [5, 5.41) is 6.11. The lowest BCUT2D eigenvalue weighted by molar-refractivity contribution is -0.142.